The Morgan fingerprint density at radius 1 is 1.00 bits per heavy atom. The summed E-state index contributed by atoms with van der Waals surface area (Å²) < 4.78 is 0. The molecule has 0 unspecified atom stereocenters. The van der Waals surface area contributed by atoms with Crippen LogP contribution in [0.4, 0.5) is 0 Å². The Labute approximate surface area is 148 Å². The van der Waals surface area contributed by atoms with Crippen LogP contribution in [-0.2, 0) is 0 Å². The SMILES string of the molecule is CSc1nc(-c2ccccc2-c2ccc(C#N)cc2)c(C#N)c(=O)[nH]1. The van der Waals surface area contributed by atoms with Gasteiger partial charge in [0.15, 0.2) is 5.16 Å². The van der Waals surface area contributed by atoms with Gasteiger partial charge in [0.05, 0.1) is 17.3 Å². The second-order valence-corrected chi connectivity index (χ2v) is 5.94. The van der Waals surface area contributed by atoms with Crippen LogP contribution in [0.5, 0.6) is 0 Å². The third-order valence-electron chi connectivity index (χ3n) is 3.71. The summed E-state index contributed by atoms with van der Waals surface area (Å²) in [6.45, 7) is 0. The van der Waals surface area contributed by atoms with Gasteiger partial charge in [-0.15, -0.1) is 0 Å². The summed E-state index contributed by atoms with van der Waals surface area (Å²) in [4.78, 5) is 19.2. The Bertz CT molecular complexity index is 1070. The third-order valence-corrected chi connectivity index (χ3v) is 4.29. The first-order valence-corrected chi connectivity index (χ1v) is 8.58. The lowest BCUT2D eigenvalue weighted by atomic mass is 9.95. The van der Waals surface area contributed by atoms with Gasteiger partial charge in [0, 0.05) is 5.56 Å². The van der Waals surface area contributed by atoms with E-state index in [9.17, 15) is 10.1 Å². The summed E-state index contributed by atoms with van der Waals surface area (Å²) in [5.41, 5.74) is 2.88. The second-order valence-electron chi connectivity index (χ2n) is 5.15. The highest BCUT2D eigenvalue weighted by Gasteiger charge is 2.16. The number of benzene rings is 2. The van der Waals surface area contributed by atoms with Gasteiger partial charge in [-0.2, -0.15) is 10.5 Å². The first-order valence-electron chi connectivity index (χ1n) is 7.36. The van der Waals surface area contributed by atoms with Crippen molar-refractivity contribution < 1.29 is 0 Å². The van der Waals surface area contributed by atoms with E-state index in [1.807, 2.05) is 42.5 Å². The van der Waals surface area contributed by atoms with Gasteiger partial charge in [-0.05, 0) is 29.5 Å². The van der Waals surface area contributed by atoms with Crippen LogP contribution < -0.4 is 5.56 Å². The van der Waals surface area contributed by atoms with Crippen molar-refractivity contribution in [3.8, 4) is 34.5 Å². The van der Waals surface area contributed by atoms with Crippen molar-refractivity contribution >= 4 is 11.8 Å². The van der Waals surface area contributed by atoms with Crippen molar-refractivity contribution in [1.29, 1.82) is 10.5 Å². The van der Waals surface area contributed by atoms with Crippen molar-refractivity contribution in [2.45, 2.75) is 5.16 Å². The zero-order valence-electron chi connectivity index (χ0n) is 13.3. The topological polar surface area (TPSA) is 93.3 Å². The van der Waals surface area contributed by atoms with Crippen LogP contribution in [-0.4, -0.2) is 16.2 Å². The van der Waals surface area contributed by atoms with Gasteiger partial charge in [0.1, 0.15) is 11.6 Å². The van der Waals surface area contributed by atoms with E-state index in [4.69, 9.17) is 5.26 Å². The zero-order valence-corrected chi connectivity index (χ0v) is 14.1. The number of hydrogen-bond donors (Lipinski definition) is 1. The number of rotatable bonds is 3. The Morgan fingerprint density at radius 2 is 1.68 bits per heavy atom. The van der Waals surface area contributed by atoms with Crippen molar-refractivity contribution in [3.05, 3.63) is 70.0 Å². The predicted molar refractivity (Wildman–Crippen MR) is 96.9 cm³/mol. The number of aromatic amines is 1. The number of nitrogens with zero attached hydrogens (tertiary/aromatic N) is 3. The maximum absolute atomic E-state index is 12.2. The van der Waals surface area contributed by atoms with Crippen LogP contribution in [0.3, 0.4) is 0 Å². The van der Waals surface area contributed by atoms with Crippen LogP contribution in [0.25, 0.3) is 22.4 Å². The molecular weight excluding hydrogens is 332 g/mol. The summed E-state index contributed by atoms with van der Waals surface area (Å²) >= 11 is 1.31. The minimum Gasteiger partial charge on any atom is -0.300 e. The fourth-order valence-corrected chi connectivity index (χ4v) is 2.89. The molecule has 0 saturated carbocycles. The molecule has 6 heteroatoms. The minimum atomic E-state index is -0.452. The average Bonchev–Trinajstić information content (AvgIpc) is 2.67. The van der Waals surface area contributed by atoms with Crippen LogP contribution in [0, 0.1) is 22.7 Å². The molecule has 0 aliphatic heterocycles. The van der Waals surface area contributed by atoms with Crippen molar-refractivity contribution in [1.82, 2.24) is 9.97 Å². The molecule has 0 fully saturated rings. The second kappa shape index (κ2) is 7.04. The van der Waals surface area contributed by atoms with E-state index in [2.05, 4.69) is 16.0 Å². The number of nitriles is 2. The summed E-state index contributed by atoms with van der Waals surface area (Å²) in [7, 11) is 0. The summed E-state index contributed by atoms with van der Waals surface area (Å²) in [5.74, 6) is 0. The minimum absolute atomic E-state index is 0.0149. The lowest BCUT2D eigenvalue weighted by molar-refractivity contribution is 0.938. The van der Waals surface area contributed by atoms with E-state index in [-0.39, 0.29) is 5.56 Å². The van der Waals surface area contributed by atoms with E-state index in [0.29, 0.717) is 22.0 Å². The first kappa shape index (κ1) is 16.5. The largest absolute Gasteiger partial charge is 0.300 e. The lowest BCUT2D eigenvalue weighted by Crippen LogP contribution is -2.14. The molecule has 0 bridgehead atoms. The molecule has 120 valence electrons. The molecule has 3 rings (SSSR count). The summed E-state index contributed by atoms with van der Waals surface area (Å²) in [6.07, 6.45) is 1.81. The Morgan fingerprint density at radius 3 is 2.28 bits per heavy atom. The van der Waals surface area contributed by atoms with E-state index in [1.54, 1.807) is 18.4 Å². The number of nitrogens with one attached hydrogen (secondary N) is 1. The first-order chi connectivity index (χ1) is 12.2. The molecule has 1 heterocycles. The predicted octanol–water partition coefficient (Wildman–Crippen LogP) is 3.57. The van der Waals surface area contributed by atoms with Crippen molar-refractivity contribution in [2.75, 3.05) is 6.26 Å². The summed E-state index contributed by atoms with van der Waals surface area (Å²) in [5, 5.41) is 18.8. The lowest BCUT2D eigenvalue weighted by Gasteiger charge is -2.11. The van der Waals surface area contributed by atoms with Gasteiger partial charge in [0.25, 0.3) is 5.56 Å². The smallest absolute Gasteiger partial charge is 0.270 e. The van der Waals surface area contributed by atoms with Gasteiger partial charge in [-0.1, -0.05) is 48.2 Å². The van der Waals surface area contributed by atoms with Gasteiger partial charge in [-0.25, -0.2) is 4.98 Å². The van der Waals surface area contributed by atoms with Gasteiger partial charge in [0.2, 0.25) is 0 Å². The van der Waals surface area contributed by atoms with E-state index in [0.717, 1.165) is 11.1 Å². The molecule has 0 spiro atoms. The standard InChI is InChI=1S/C19H12N4OS/c1-25-19-22-17(16(11-21)18(24)23-19)15-5-3-2-4-14(15)13-8-6-12(10-20)7-9-13/h2-9H,1H3,(H,22,23,24). The molecule has 0 radical (unpaired) electrons. The molecule has 1 aromatic heterocycles. The normalized spacial score (nSPS) is 10.0. The number of hydrogen-bond acceptors (Lipinski definition) is 5. The highest BCUT2D eigenvalue weighted by Crippen LogP contribution is 2.32. The molecule has 0 aliphatic rings. The Balaban J connectivity index is 2.27. The maximum atomic E-state index is 12.2. The van der Waals surface area contributed by atoms with Gasteiger partial charge < -0.3 is 4.98 Å². The molecule has 0 saturated heterocycles. The maximum Gasteiger partial charge on any atom is 0.270 e. The fourth-order valence-electron chi connectivity index (χ4n) is 2.51. The Hall–Kier alpha value is -3.35. The van der Waals surface area contributed by atoms with Crippen molar-refractivity contribution in [3.63, 3.8) is 0 Å². The Kier molecular flexibility index (Phi) is 4.65. The molecule has 0 atom stereocenters. The number of aromatic nitrogens is 2. The molecule has 2 aromatic carbocycles. The van der Waals surface area contributed by atoms with Crippen LogP contribution >= 0.6 is 11.8 Å². The molecule has 0 amide bonds. The highest BCUT2D eigenvalue weighted by molar-refractivity contribution is 7.98. The van der Waals surface area contributed by atoms with E-state index >= 15 is 0 Å². The summed E-state index contributed by atoms with van der Waals surface area (Å²) in [6, 6.07) is 18.6. The van der Waals surface area contributed by atoms with E-state index < -0.39 is 5.56 Å². The van der Waals surface area contributed by atoms with Crippen LogP contribution in [0.2, 0.25) is 0 Å². The number of H-pyrrole nitrogens is 1. The van der Waals surface area contributed by atoms with Crippen LogP contribution in [0.1, 0.15) is 11.1 Å². The van der Waals surface area contributed by atoms with Gasteiger partial charge in [-0.3, -0.25) is 4.79 Å². The molecule has 1 N–H and O–H groups in total. The fraction of sp³-hybridized carbons (Fsp3) is 0.0526. The van der Waals surface area contributed by atoms with E-state index in [1.165, 1.54) is 11.8 Å². The zero-order chi connectivity index (χ0) is 17.8. The highest BCUT2D eigenvalue weighted by atomic mass is 32.2. The van der Waals surface area contributed by atoms with Crippen molar-refractivity contribution in [2.24, 2.45) is 0 Å². The average molecular weight is 344 g/mol. The quantitative estimate of drug-likeness (QED) is 0.579. The molecule has 0 aliphatic carbocycles. The van der Waals surface area contributed by atoms with Gasteiger partial charge >= 0.3 is 0 Å². The molecule has 5 nitrogen and oxygen atoms in total. The molecule has 3 aromatic rings. The molecular formula is C19H12N4OS. The molecule has 25 heavy (non-hydrogen) atoms. The number of thioether (sulfide) groups is 1. The monoisotopic (exact) mass is 344 g/mol. The third kappa shape index (κ3) is 3.16. The van der Waals surface area contributed by atoms with Crippen LogP contribution in [0.15, 0.2) is 58.5 Å².